The highest BCUT2D eigenvalue weighted by molar-refractivity contribution is 6.38. The molecule has 0 saturated carbocycles. The Morgan fingerprint density at radius 2 is 1.88 bits per heavy atom. The van der Waals surface area contributed by atoms with Crippen molar-refractivity contribution in [3.63, 3.8) is 0 Å². The molecule has 9 nitrogen and oxygen atoms in total. The summed E-state index contributed by atoms with van der Waals surface area (Å²) in [6.45, 7) is 0.229. The fraction of sp³-hybridized carbons (Fsp3) is 0.208. The lowest BCUT2D eigenvalue weighted by molar-refractivity contribution is -0.126. The molecule has 10 heteroatoms. The molecule has 0 aliphatic carbocycles. The van der Waals surface area contributed by atoms with Crippen LogP contribution in [0.5, 0.6) is 0 Å². The van der Waals surface area contributed by atoms with Gasteiger partial charge in [0.15, 0.2) is 0 Å². The lowest BCUT2D eigenvalue weighted by Gasteiger charge is -2.19. The predicted octanol–water partition coefficient (Wildman–Crippen LogP) is 1.36. The Labute approximate surface area is 194 Å². The number of nitrogen functional groups attached to an aromatic ring is 1. The molecule has 0 fully saturated rings. The van der Waals surface area contributed by atoms with E-state index in [1.165, 1.54) is 30.5 Å². The van der Waals surface area contributed by atoms with Crippen molar-refractivity contribution in [1.29, 1.82) is 0 Å². The van der Waals surface area contributed by atoms with Gasteiger partial charge in [-0.15, -0.1) is 0 Å². The summed E-state index contributed by atoms with van der Waals surface area (Å²) in [6.07, 6.45) is 1.40. The molecule has 1 unspecified atom stereocenters. The highest BCUT2D eigenvalue weighted by Gasteiger charge is 2.29. The van der Waals surface area contributed by atoms with E-state index in [0.29, 0.717) is 18.7 Å². The Morgan fingerprint density at radius 1 is 1.15 bits per heavy atom. The number of ether oxygens (including phenoxy) is 1. The van der Waals surface area contributed by atoms with Gasteiger partial charge in [-0.25, -0.2) is 14.4 Å². The van der Waals surface area contributed by atoms with Crippen LogP contribution in [0.2, 0.25) is 0 Å². The van der Waals surface area contributed by atoms with Gasteiger partial charge in [-0.3, -0.25) is 19.0 Å². The van der Waals surface area contributed by atoms with Gasteiger partial charge in [-0.1, -0.05) is 30.3 Å². The van der Waals surface area contributed by atoms with Crippen LogP contribution in [0.25, 0.3) is 11.4 Å². The van der Waals surface area contributed by atoms with Crippen molar-refractivity contribution in [3.8, 4) is 11.4 Å². The van der Waals surface area contributed by atoms with Gasteiger partial charge in [0.2, 0.25) is 11.7 Å². The Kier molecular flexibility index (Phi) is 6.77. The molecule has 0 radical (unpaired) electrons. The molecule has 4 rings (SSSR count). The predicted molar refractivity (Wildman–Crippen MR) is 124 cm³/mol. The molecule has 3 N–H and O–H groups in total. The summed E-state index contributed by atoms with van der Waals surface area (Å²) in [5, 5.41) is 2.69. The summed E-state index contributed by atoms with van der Waals surface area (Å²) in [5.41, 5.74) is 6.21. The average Bonchev–Trinajstić information content (AvgIpc) is 3.38. The van der Waals surface area contributed by atoms with E-state index >= 15 is 0 Å². The van der Waals surface area contributed by atoms with Gasteiger partial charge < -0.3 is 15.8 Å². The molecule has 34 heavy (non-hydrogen) atoms. The van der Waals surface area contributed by atoms with Crippen LogP contribution in [-0.4, -0.2) is 46.3 Å². The van der Waals surface area contributed by atoms with Crippen LogP contribution in [0.15, 0.2) is 70.6 Å². The second-order valence-electron chi connectivity index (χ2n) is 7.64. The van der Waals surface area contributed by atoms with Crippen LogP contribution in [0.1, 0.15) is 5.56 Å². The van der Waals surface area contributed by atoms with Crippen LogP contribution in [0, 0.1) is 5.82 Å². The topological polar surface area (TPSA) is 129 Å². The summed E-state index contributed by atoms with van der Waals surface area (Å²) in [7, 11) is 0. The summed E-state index contributed by atoms with van der Waals surface area (Å²) >= 11 is 0. The number of carbonyl (C=O) groups is 2. The van der Waals surface area contributed by atoms with E-state index in [4.69, 9.17) is 10.5 Å². The number of aliphatic imine (C=N–C) groups is 1. The van der Waals surface area contributed by atoms with Crippen LogP contribution in [0.4, 0.5) is 10.1 Å². The maximum Gasteiger partial charge on any atom is 0.277 e. The number of ketones is 1. The number of carbonyl (C=O) groups excluding carboxylic acids is 2. The maximum absolute atomic E-state index is 13.4. The van der Waals surface area contributed by atoms with Gasteiger partial charge in [0.05, 0.1) is 12.7 Å². The molecule has 0 saturated heterocycles. The first kappa shape index (κ1) is 22.8. The van der Waals surface area contributed by atoms with Crippen LogP contribution >= 0.6 is 0 Å². The van der Waals surface area contributed by atoms with E-state index in [1.54, 1.807) is 0 Å². The monoisotopic (exact) mass is 463 g/mol. The lowest BCUT2D eigenvalue weighted by Crippen LogP contribution is -2.47. The number of rotatable bonds is 8. The van der Waals surface area contributed by atoms with Crippen molar-refractivity contribution in [2.45, 2.75) is 19.0 Å². The molecule has 1 atom stereocenters. The lowest BCUT2D eigenvalue weighted by atomic mass is 10.0. The van der Waals surface area contributed by atoms with Gasteiger partial charge in [-0.05, 0) is 29.8 Å². The van der Waals surface area contributed by atoms with E-state index in [2.05, 4.69) is 15.3 Å². The smallest absolute Gasteiger partial charge is 0.277 e. The zero-order chi connectivity index (χ0) is 24.1. The molecular formula is C24H22FN5O4. The first-order valence-corrected chi connectivity index (χ1v) is 10.6. The Balaban J connectivity index is 1.60. The molecule has 3 aromatic rings. The van der Waals surface area contributed by atoms with Crippen molar-refractivity contribution in [1.82, 2.24) is 14.9 Å². The highest BCUT2D eigenvalue weighted by Crippen LogP contribution is 2.17. The standard InChI is InChI=1S/C24H22FN5O4/c25-17-8-6-16(7-9-17)22-28-13-18(26)24(33)30(22)14-20(31)29-19(12-15-4-2-1-3-5-15)21(32)23-27-10-11-34-23/h1-9,13,19H,10-12,14,26H2,(H,29,31). The molecule has 2 aromatic carbocycles. The Morgan fingerprint density at radius 3 is 2.56 bits per heavy atom. The number of amides is 1. The minimum absolute atomic E-state index is 0.0315. The fourth-order valence-electron chi connectivity index (χ4n) is 3.56. The van der Waals surface area contributed by atoms with Gasteiger partial charge in [0.1, 0.15) is 36.5 Å². The molecule has 1 amide bonds. The molecular weight excluding hydrogens is 441 g/mol. The number of hydrogen-bond acceptors (Lipinski definition) is 7. The molecule has 1 aliphatic rings. The number of Topliss-reactive ketones (excluding diaryl/α,β-unsaturated/α-hetero) is 1. The zero-order valence-corrected chi connectivity index (χ0v) is 18.1. The van der Waals surface area contributed by atoms with Gasteiger partial charge in [-0.2, -0.15) is 0 Å². The number of halogens is 1. The summed E-state index contributed by atoms with van der Waals surface area (Å²) in [6, 6.07) is 13.6. The van der Waals surface area contributed by atoms with E-state index in [-0.39, 0.29) is 23.8 Å². The molecule has 1 aliphatic heterocycles. The van der Waals surface area contributed by atoms with Gasteiger partial charge >= 0.3 is 0 Å². The quantitative estimate of drug-likeness (QED) is 0.519. The molecule has 1 aromatic heterocycles. The number of hydrogen-bond donors (Lipinski definition) is 2. The second kappa shape index (κ2) is 10.1. The van der Waals surface area contributed by atoms with Crippen LogP contribution < -0.4 is 16.6 Å². The summed E-state index contributed by atoms with van der Waals surface area (Å²) in [4.78, 5) is 46.9. The minimum Gasteiger partial charge on any atom is -0.473 e. The highest BCUT2D eigenvalue weighted by atomic mass is 19.1. The number of nitrogens with zero attached hydrogens (tertiary/aromatic N) is 3. The number of nitrogens with one attached hydrogen (secondary N) is 1. The number of anilines is 1. The number of benzene rings is 2. The number of aromatic nitrogens is 2. The third-order valence-corrected chi connectivity index (χ3v) is 5.21. The minimum atomic E-state index is -0.953. The molecule has 2 heterocycles. The van der Waals surface area contributed by atoms with Crippen molar-refractivity contribution in [2.24, 2.45) is 4.99 Å². The largest absolute Gasteiger partial charge is 0.473 e. The first-order valence-electron chi connectivity index (χ1n) is 10.6. The molecule has 174 valence electrons. The van der Waals surface area contributed by atoms with E-state index in [0.717, 1.165) is 10.1 Å². The second-order valence-corrected chi connectivity index (χ2v) is 7.64. The fourth-order valence-corrected chi connectivity index (χ4v) is 3.56. The van der Waals surface area contributed by atoms with E-state index in [9.17, 15) is 18.8 Å². The van der Waals surface area contributed by atoms with Crippen molar-refractivity contribution in [3.05, 3.63) is 82.5 Å². The first-order chi connectivity index (χ1) is 16.4. The SMILES string of the molecule is Nc1cnc(-c2ccc(F)cc2)n(CC(=O)NC(Cc2ccccc2)C(=O)C2=NCCO2)c1=O. The number of nitrogens with two attached hydrogens (primary N) is 1. The Hall–Kier alpha value is -4.34. The van der Waals surface area contributed by atoms with Crippen molar-refractivity contribution in [2.75, 3.05) is 18.9 Å². The van der Waals surface area contributed by atoms with Gasteiger partial charge in [0.25, 0.3) is 11.5 Å². The normalized spacial score (nSPS) is 13.6. The third kappa shape index (κ3) is 5.17. The molecule has 0 spiro atoms. The zero-order valence-electron chi connectivity index (χ0n) is 18.1. The van der Waals surface area contributed by atoms with Crippen molar-refractivity contribution >= 4 is 23.3 Å². The van der Waals surface area contributed by atoms with Crippen LogP contribution in [0.3, 0.4) is 0 Å². The van der Waals surface area contributed by atoms with E-state index in [1.807, 2.05) is 30.3 Å². The maximum atomic E-state index is 13.4. The van der Waals surface area contributed by atoms with E-state index < -0.39 is 35.7 Å². The summed E-state index contributed by atoms with van der Waals surface area (Å²) < 4.78 is 19.7. The Bertz CT molecular complexity index is 1290. The molecule has 0 bridgehead atoms. The third-order valence-electron chi connectivity index (χ3n) is 5.21. The van der Waals surface area contributed by atoms with Crippen molar-refractivity contribution < 1.29 is 18.7 Å². The summed E-state index contributed by atoms with van der Waals surface area (Å²) in [5.74, 6) is -1.40. The van der Waals surface area contributed by atoms with Crippen LogP contribution in [-0.2, 0) is 27.3 Å². The average molecular weight is 463 g/mol. The van der Waals surface area contributed by atoms with Gasteiger partial charge in [0, 0.05) is 12.0 Å².